The summed E-state index contributed by atoms with van der Waals surface area (Å²) in [4.78, 5) is 25.6. The lowest BCUT2D eigenvalue weighted by Crippen LogP contribution is -2.47. The third-order valence-electron chi connectivity index (χ3n) is 3.83. The monoisotopic (exact) mass is 290 g/mol. The number of rotatable bonds is 5. The average Bonchev–Trinajstić information content (AvgIpc) is 2.48. The number of nitrogens with two attached hydrogens (primary N) is 2. The second-order valence-electron chi connectivity index (χ2n) is 5.31. The molecular formula is C15H22N4O2. The summed E-state index contributed by atoms with van der Waals surface area (Å²) >= 11 is 0. The lowest BCUT2D eigenvalue weighted by molar-refractivity contribution is -0.118. The van der Waals surface area contributed by atoms with Gasteiger partial charge in [-0.1, -0.05) is 18.6 Å². The number of anilines is 1. The first-order valence-electron chi connectivity index (χ1n) is 7.24. The molecule has 1 unspecified atom stereocenters. The van der Waals surface area contributed by atoms with Crippen LogP contribution in [0.4, 0.5) is 5.69 Å². The molecule has 21 heavy (non-hydrogen) atoms. The van der Waals surface area contributed by atoms with Crippen LogP contribution in [-0.4, -0.2) is 42.4 Å². The van der Waals surface area contributed by atoms with Crippen molar-refractivity contribution in [3.05, 3.63) is 29.8 Å². The fourth-order valence-corrected chi connectivity index (χ4v) is 2.72. The molecule has 1 aromatic carbocycles. The Bertz CT molecular complexity index is 518. The summed E-state index contributed by atoms with van der Waals surface area (Å²) in [6, 6.07) is 7.00. The van der Waals surface area contributed by atoms with Crippen molar-refractivity contribution >= 4 is 17.5 Å². The maximum absolute atomic E-state index is 12.2. The maximum atomic E-state index is 12.2. The van der Waals surface area contributed by atoms with Crippen molar-refractivity contribution in [3.8, 4) is 0 Å². The van der Waals surface area contributed by atoms with Crippen LogP contribution in [0.1, 0.15) is 29.6 Å². The van der Waals surface area contributed by atoms with Crippen molar-refractivity contribution in [2.75, 3.05) is 25.0 Å². The number of primary amides is 1. The van der Waals surface area contributed by atoms with E-state index >= 15 is 0 Å². The SMILES string of the molecule is NCC1CCCCN1CC(=O)Nc1ccccc1C(N)=O. The Labute approximate surface area is 124 Å². The van der Waals surface area contributed by atoms with E-state index < -0.39 is 5.91 Å². The average molecular weight is 290 g/mol. The predicted octanol–water partition coefficient (Wildman–Crippen LogP) is 0.537. The molecule has 1 aliphatic rings. The molecule has 2 amide bonds. The van der Waals surface area contributed by atoms with Gasteiger partial charge in [0.1, 0.15) is 0 Å². The van der Waals surface area contributed by atoms with Gasteiger partial charge in [-0.25, -0.2) is 0 Å². The van der Waals surface area contributed by atoms with Crippen LogP contribution < -0.4 is 16.8 Å². The molecular weight excluding hydrogens is 268 g/mol. The predicted molar refractivity (Wildman–Crippen MR) is 81.9 cm³/mol. The van der Waals surface area contributed by atoms with Crippen molar-refractivity contribution in [2.45, 2.75) is 25.3 Å². The van der Waals surface area contributed by atoms with E-state index in [4.69, 9.17) is 11.5 Å². The van der Waals surface area contributed by atoms with E-state index in [0.29, 0.717) is 17.8 Å². The van der Waals surface area contributed by atoms with Gasteiger partial charge in [0.05, 0.1) is 17.8 Å². The minimum absolute atomic E-state index is 0.149. The molecule has 1 atom stereocenters. The Morgan fingerprint density at radius 1 is 1.29 bits per heavy atom. The van der Waals surface area contributed by atoms with Gasteiger partial charge in [0, 0.05) is 12.6 Å². The molecule has 114 valence electrons. The normalized spacial score (nSPS) is 19.2. The molecule has 0 radical (unpaired) electrons. The zero-order valence-corrected chi connectivity index (χ0v) is 12.0. The molecule has 0 bridgehead atoms. The Balaban J connectivity index is 2.00. The highest BCUT2D eigenvalue weighted by Gasteiger charge is 2.23. The lowest BCUT2D eigenvalue weighted by Gasteiger charge is -2.34. The number of hydrogen-bond donors (Lipinski definition) is 3. The number of benzene rings is 1. The number of para-hydroxylation sites is 1. The number of hydrogen-bond acceptors (Lipinski definition) is 4. The molecule has 1 heterocycles. The molecule has 1 aliphatic heterocycles. The summed E-state index contributed by atoms with van der Waals surface area (Å²) in [5.74, 6) is -0.701. The maximum Gasteiger partial charge on any atom is 0.250 e. The highest BCUT2D eigenvalue weighted by atomic mass is 16.2. The molecule has 1 fully saturated rings. The first-order valence-corrected chi connectivity index (χ1v) is 7.24. The molecule has 0 saturated carbocycles. The van der Waals surface area contributed by atoms with Crippen molar-refractivity contribution in [1.82, 2.24) is 4.90 Å². The van der Waals surface area contributed by atoms with Gasteiger partial charge in [-0.15, -0.1) is 0 Å². The van der Waals surface area contributed by atoms with E-state index in [-0.39, 0.29) is 18.5 Å². The number of likely N-dealkylation sites (tertiary alicyclic amines) is 1. The zero-order valence-electron chi connectivity index (χ0n) is 12.0. The minimum Gasteiger partial charge on any atom is -0.366 e. The van der Waals surface area contributed by atoms with Crippen molar-refractivity contribution in [1.29, 1.82) is 0 Å². The largest absolute Gasteiger partial charge is 0.366 e. The third kappa shape index (κ3) is 4.03. The molecule has 5 N–H and O–H groups in total. The van der Waals surface area contributed by atoms with Crippen LogP contribution in [0.3, 0.4) is 0 Å². The van der Waals surface area contributed by atoms with Crippen molar-refractivity contribution in [3.63, 3.8) is 0 Å². The van der Waals surface area contributed by atoms with Crippen LogP contribution in [0, 0.1) is 0 Å². The summed E-state index contributed by atoms with van der Waals surface area (Å²) in [6.45, 7) is 1.73. The number of carbonyl (C=O) groups is 2. The van der Waals surface area contributed by atoms with Crippen LogP contribution in [0.5, 0.6) is 0 Å². The van der Waals surface area contributed by atoms with Gasteiger partial charge >= 0.3 is 0 Å². The Kier molecular flexibility index (Phi) is 5.30. The molecule has 1 saturated heterocycles. The molecule has 2 rings (SSSR count). The van der Waals surface area contributed by atoms with Gasteiger partial charge in [0.25, 0.3) is 5.91 Å². The van der Waals surface area contributed by atoms with Crippen LogP contribution in [0.15, 0.2) is 24.3 Å². The van der Waals surface area contributed by atoms with Gasteiger partial charge in [0.15, 0.2) is 0 Å². The topological polar surface area (TPSA) is 101 Å². The molecule has 0 spiro atoms. The molecule has 0 aliphatic carbocycles. The van der Waals surface area contributed by atoms with E-state index in [0.717, 1.165) is 25.8 Å². The van der Waals surface area contributed by atoms with E-state index in [1.807, 2.05) is 0 Å². The molecule has 1 aromatic rings. The Morgan fingerprint density at radius 2 is 2.05 bits per heavy atom. The number of nitrogens with one attached hydrogen (secondary N) is 1. The number of carbonyl (C=O) groups excluding carboxylic acids is 2. The third-order valence-corrected chi connectivity index (χ3v) is 3.83. The summed E-state index contributed by atoms with van der Waals surface area (Å²) in [5.41, 5.74) is 11.8. The molecule has 0 aromatic heterocycles. The van der Waals surface area contributed by atoms with E-state index in [1.165, 1.54) is 0 Å². The van der Waals surface area contributed by atoms with Gasteiger partial charge in [-0.2, -0.15) is 0 Å². The van der Waals surface area contributed by atoms with E-state index in [1.54, 1.807) is 24.3 Å². The Hall–Kier alpha value is -1.92. The van der Waals surface area contributed by atoms with Crippen LogP contribution >= 0.6 is 0 Å². The minimum atomic E-state index is -0.552. The highest BCUT2D eigenvalue weighted by Crippen LogP contribution is 2.17. The molecule has 6 heteroatoms. The number of amides is 2. The quantitative estimate of drug-likeness (QED) is 0.736. The highest BCUT2D eigenvalue weighted by molar-refractivity contribution is 6.03. The van der Waals surface area contributed by atoms with E-state index in [2.05, 4.69) is 10.2 Å². The second-order valence-corrected chi connectivity index (χ2v) is 5.31. The van der Waals surface area contributed by atoms with E-state index in [9.17, 15) is 9.59 Å². The zero-order chi connectivity index (χ0) is 15.2. The lowest BCUT2D eigenvalue weighted by atomic mass is 10.0. The standard InChI is InChI=1S/C15H22N4O2/c16-9-11-5-3-4-8-19(11)10-14(20)18-13-7-2-1-6-12(13)15(17)21/h1-2,6-7,11H,3-5,8-10,16H2,(H2,17,21)(H,18,20). The van der Waals surface area contributed by atoms with Gasteiger partial charge in [-0.05, 0) is 31.5 Å². The summed E-state index contributed by atoms with van der Waals surface area (Å²) in [6.07, 6.45) is 3.27. The first kappa shape index (κ1) is 15.5. The Morgan fingerprint density at radius 3 is 2.76 bits per heavy atom. The van der Waals surface area contributed by atoms with Crippen LogP contribution in [-0.2, 0) is 4.79 Å². The van der Waals surface area contributed by atoms with Gasteiger partial charge in [-0.3, -0.25) is 14.5 Å². The fourth-order valence-electron chi connectivity index (χ4n) is 2.72. The summed E-state index contributed by atoms with van der Waals surface area (Å²) < 4.78 is 0. The summed E-state index contributed by atoms with van der Waals surface area (Å²) in [5, 5.41) is 2.76. The second kappa shape index (κ2) is 7.19. The number of piperidine rings is 1. The van der Waals surface area contributed by atoms with Crippen LogP contribution in [0.25, 0.3) is 0 Å². The fraction of sp³-hybridized carbons (Fsp3) is 0.467. The molecule has 6 nitrogen and oxygen atoms in total. The first-order chi connectivity index (χ1) is 10.1. The van der Waals surface area contributed by atoms with Crippen LogP contribution in [0.2, 0.25) is 0 Å². The number of nitrogens with zero attached hydrogens (tertiary/aromatic N) is 1. The van der Waals surface area contributed by atoms with Crippen molar-refractivity contribution < 1.29 is 9.59 Å². The van der Waals surface area contributed by atoms with Crippen molar-refractivity contribution in [2.24, 2.45) is 11.5 Å². The smallest absolute Gasteiger partial charge is 0.250 e. The van der Waals surface area contributed by atoms with Gasteiger partial charge in [0.2, 0.25) is 5.91 Å². The summed E-state index contributed by atoms with van der Waals surface area (Å²) in [7, 11) is 0. The van der Waals surface area contributed by atoms with Gasteiger partial charge < -0.3 is 16.8 Å².